The Morgan fingerprint density at radius 1 is 1.06 bits per heavy atom. The first-order valence-corrected chi connectivity index (χ1v) is 12.6. The predicted molar refractivity (Wildman–Crippen MR) is 142 cm³/mol. The Morgan fingerprint density at radius 3 is 2.50 bits per heavy atom. The Morgan fingerprint density at radius 2 is 1.78 bits per heavy atom. The van der Waals surface area contributed by atoms with Crippen LogP contribution in [0.2, 0.25) is 0 Å². The molecule has 2 atom stereocenters. The third-order valence-electron chi connectivity index (χ3n) is 7.21. The molecule has 0 unspecified atom stereocenters. The van der Waals surface area contributed by atoms with Gasteiger partial charge in [0.15, 0.2) is 0 Å². The lowest BCUT2D eigenvalue weighted by Crippen LogP contribution is -2.53. The summed E-state index contributed by atoms with van der Waals surface area (Å²) in [7, 11) is 0. The van der Waals surface area contributed by atoms with Crippen molar-refractivity contribution in [2.24, 2.45) is 0 Å². The number of H-pyrrole nitrogens is 1. The molecule has 1 saturated heterocycles. The predicted octanol–water partition coefficient (Wildman–Crippen LogP) is 4.21. The molecule has 0 bridgehead atoms. The van der Waals surface area contributed by atoms with E-state index < -0.39 is 11.4 Å². The fraction of sp³-hybridized carbons (Fsp3) is 0.379. The number of fused-ring (bicyclic) bond motifs is 3. The van der Waals surface area contributed by atoms with Crippen LogP contribution in [0, 0.1) is 0 Å². The number of nitrogens with zero attached hydrogens (tertiary/aromatic N) is 2. The number of aromatic amines is 1. The number of carboxylic acids is 1. The van der Waals surface area contributed by atoms with Crippen LogP contribution in [0.3, 0.4) is 0 Å². The number of hydrogen-bond donors (Lipinski definition) is 3. The molecule has 1 fully saturated rings. The van der Waals surface area contributed by atoms with Crippen LogP contribution in [0.15, 0.2) is 54.7 Å². The third kappa shape index (κ3) is 4.56. The second kappa shape index (κ2) is 9.22. The maximum atomic E-state index is 13.7. The summed E-state index contributed by atoms with van der Waals surface area (Å²) in [4.78, 5) is 33.4. The fourth-order valence-corrected chi connectivity index (χ4v) is 5.91. The number of carbonyl (C=O) groups excluding carboxylic acids is 1. The van der Waals surface area contributed by atoms with Crippen molar-refractivity contribution in [1.82, 2.24) is 20.1 Å². The molecule has 2 aliphatic heterocycles. The summed E-state index contributed by atoms with van der Waals surface area (Å²) < 4.78 is 0. The summed E-state index contributed by atoms with van der Waals surface area (Å²) in [6, 6.07) is 16.4. The quantitative estimate of drug-likeness (QED) is 0.514. The lowest BCUT2D eigenvalue weighted by molar-refractivity contribution is -0.130. The van der Waals surface area contributed by atoms with Gasteiger partial charge in [0.05, 0.1) is 11.3 Å². The van der Waals surface area contributed by atoms with Gasteiger partial charge in [-0.2, -0.15) is 0 Å². The molecule has 0 aliphatic carbocycles. The van der Waals surface area contributed by atoms with Crippen molar-refractivity contribution in [3.05, 3.63) is 77.1 Å². The molecule has 7 nitrogen and oxygen atoms in total. The molecule has 7 heteroatoms. The van der Waals surface area contributed by atoms with Crippen molar-refractivity contribution in [1.29, 1.82) is 0 Å². The number of aliphatic carboxylic acids is 1. The van der Waals surface area contributed by atoms with E-state index in [0.29, 0.717) is 29.9 Å². The van der Waals surface area contributed by atoms with Gasteiger partial charge in [-0.15, -0.1) is 0 Å². The number of piperazine rings is 1. The molecular formula is C29H34N4O3. The highest BCUT2D eigenvalue weighted by atomic mass is 16.4. The Balaban J connectivity index is 1.47. The molecule has 5 rings (SSSR count). The summed E-state index contributed by atoms with van der Waals surface area (Å²) in [5.41, 5.74) is 3.67. The second-order valence-corrected chi connectivity index (χ2v) is 10.9. The summed E-state index contributed by atoms with van der Waals surface area (Å²) in [5, 5.41) is 14.6. The molecule has 3 aromatic rings. The number of benzene rings is 2. The average molecular weight is 487 g/mol. The van der Waals surface area contributed by atoms with Gasteiger partial charge in [0.2, 0.25) is 0 Å². The van der Waals surface area contributed by atoms with E-state index >= 15 is 0 Å². The van der Waals surface area contributed by atoms with E-state index in [4.69, 9.17) is 0 Å². The Kier molecular flexibility index (Phi) is 6.22. The number of hydrogen-bond acceptors (Lipinski definition) is 4. The summed E-state index contributed by atoms with van der Waals surface area (Å²) in [6.07, 6.45) is 1.50. The van der Waals surface area contributed by atoms with E-state index in [1.54, 1.807) is 4.90 Å². The lowest BCUT2D eigenvalue weighted by atomic mass is 9.81. The Hall–Kier alpha value is -3.42. The van der Waals surface area contributed by atoms with Gasteiger partial charge in [0, 0.05) is 66.3 Å². The van der Waals surface area contributed by atoms with Crippen molar-refractivity contribution in [3.8, 4) is 0 Å². The zero-order chi connectivity index (χ0) is 25.6. The molecule has 1 aromatic heterocycles. The molecule has 0 spiro atoms. The number of rotatable bonds is 4. The Bertz CT molecular complexity index is 1350. The largest absolute Gasteiger partial charge is 0.478 e. The van der Waals surface area contributed by atoms with E-state index in [0.717, 1.165) is 41.7 Å². The van der Waals surface area contributed by atoms with Crippen LogP contribution in [-0.2, 0) is 16.8 Å². The number of carbonyl (C=O) groups is 2. The van der Waals surface area contributed by atoms with Crippen LogP contribution >= 0.6 is 0 Å². The minimum absolute atomic E-state index is 0.0973. The first kappa shape index (κ1) is 24.3. The van der Waals surface area contributed by atoms with Crippen LogP contribution in [0.5, 0.6) is 0 Å². The fourth-order valence-electron chi connectivity index (χ4n) is 5.91. The van der Waals surface area contributed by atoms with Crippen LogP contribution in [0.25, 0.3) is 16.5 Å². The molecule has 188 valence electrons. The van der Waals surface area contributed by atoms with Gasteiger partial charge >= 0.3 is 5.97 Å². The van der Waals surface area contributed by atoms with Crippen molar-refractivity contribution >= 4 is 28.4 Å². The van der Waals surface area contributed by atoms with Crippen LogP contribution in [0.4, 0.5) is 0 Å². The number of aromatic nitrogens is 1. The zero-order valence-corrected chi connectivity index (χ0v) is 21.3. The van der Waals surface area contributed by atoms with Gasteiger partial charge in [0.25, 0.3) is 5.91 Å². The lowest BCUT2D eigenvalue weighted by Gasteiger charge is -2.36. The molecule has 2 aliphatic rings. The number of amides is 1. The van der Waals surface area contributed by atoms with Gasteiger partial charge in [0.1, 0.15) is 0 Å². The number of nitrogens with one attached hydrogen (secondary N) is 2. The van der Waals surface area contributed by atoms with Crippen molar-refractivity contribution in [2.45, 2.75) is 51.7 Å². The van der Waals surface area contributed by atoms with Gasteiger partial charge in [-0.3, -0.25) is 9.69 Å². The topological polar surface area (TPSA) is 88.7 Å². The van der Waals surface area contributed by atoms with Gasteiger partial charge in [-0.25, -0.2) is 4.79 Å². The first-order valence-electron chi connectivity index (χ1n) is 12.6. The highest BCUT2D eigenvalue weighted by Crippen LogP contribution is 2.40. The Labute approximate surface area is 211 Å². The van der Waals surface area contributed by atoms with E-state index in [9.17, 15) is 14.7 Å². The van der Waals surface area contributed by atoms with Crippen molar-refractivity contribution < 1.29 is 14.7 Å². The maximum absolute atomic E-state index is 13.7. The first-order chi connectivity index (χ1) is 17.1. The molecule has 36 heavy (non-hydrogen) atoms. The summed E-state index contributed by atoms with van der Waals surface area (Å²) >= 11 is 0. The highest BCUT2D eigenvalue weighted by Gasteiger charge is 2.37. The van der Waals surface area contributed by atoms with E-state index in [1.807, 2.05) is 42.5 Å². The smallest absolute Gasteiger partial charge is 0.339 e. The minimum Gasteiger partial charge on any atom is -0.478 e. The maximum Gasteiger partial charge on any atom is 0.339 e. The van der Waals surface area contributed by atoms with E-state index in [-0.39, 0.29) is 11.5 Å². The monoisotopic (exact) mass is 486 g/mol. The normalized spacial score (nSPS) is 22.1. The molecule has 3 heterocycles. The molecule has 1 amide bonds. The highest BCUT2D eigenvalue weighted by molar-refractivity contribution is 6.17. The summed E-state index contributed by atoms with van der Waals surface area (Å²) in [6.45, 7) is 11.6. The standard InChI is InChI=1S/C29H34N4O3/c1-18-13-32(14-19(2)30-18)15-20-8-7-9-21(12-20)27(34)33-16-23(28(35)36)26-25(29(3,4)17-33)22-10-5-6-11-24(22)31-26/h5-12,16,18-19,30-31H,13-15,17H2,1-4H3,(H,35,36)/t18-,19+. The number of carboxylic acid groups (broad SMARTS) is 1. The third-order valence-corrected chi connectivity index (χ3v) is 7.21. The van der Waals surface area contributed by atoms with Crippen molar-refractivity contribution in [2.75, 3.05) is 19.6 Å². The summed E-state index contributed by atoms with van der Waals surface area (Å²) in [5.74, 6) is -1.26. The van der Waals surface area contributed by atoms with Gasteiger partial charge < -0.3 is 20.3 Å². The van der Waals surface area contributed by atoms with Crippen molar-refractivity contribution in [3.63, 3.8) is 0 Å². The molecule has 3 N–H and O–H groups in total. The van der Waals surface area contributed by atoms with Crippen LogP contribution in [0.1, 0.15) is 54.9 Å². The number of para-hydroxylation sites is 1. The molecule has 0 radical (unpaired) electrons. The van der Waals surface area contributed by atoms with Crippen LogP contribution in [-0.4, -0.2) is 63.5 Å². The van der Waals surface area contributed by atoms with Gasteiger partial charge in [-0.1, -0.05) is 44.2 Å². The zero-order valence-electron chi connectivity index (χ0n) is 21.3. The SMILES string of the molecule is C[C@@H]1CN(Cc2cccc(C(=O)N3C=C(C(=O)O)c4[nH]c5ccccc5c4C(C)(C)C3)c2)C[C@H](C)N1. The molecule has 2 aromatic carbocycles. The molecular weight excluding hydrogens is 452 g/mol. The minimum atomic E-state index is -1.06. The second-order valence-electron chi connectivity index (χ2n) is 10.9. The van der Waals surface area contributed by atoms with Crippen LogP contribution < -0.4 is 5.32 Å². The van der Waals surface area contributed by atoms with E-state index in [1.165, 1.54) is 6.20 Å². The average Bonchev–Trinajstić information content (AvgIpc) is 3.15. The van der Waals surface area contributed by atoms with E-state index in [2.05, 4.69) is 49.0 Å². The molecule has 0 saturated carbocycles. The van der Waals surface area contributed by atoms with Gasteiger partial charge in [-0.05, 0) is 43.2 Å².